The maximum atomic E-state index is 12.5. The predicted octanol–water partition coefficient (Wildman–Crippen LogP) is 2.89. The lowest BCUT2D eigenvalue weighted by Gasteiger charge is -2.36. The van der Waals surface area contributed by atoms with E-state index in [2.05, 4.69) is 17.1 Å². The average molecular weight is 413 g/mol. The maximum Gasteiger partial charge on any atom is 0.289 e. The van der Waals surface area contributed by atoms with Gasteiger partial charge in [-0.15, -0.1) is 0 Å². The summed E-state index contributed by atoms with van der Waals surface area (Å²) in [6, 6.07) is 9.83. The molecule has 0 bridgehead atoms. The fourth-order valence-corrected chi connectivity index (χ4v) is 3.21. The molecule has 1 aliphatic rings. The minimum atomic E-state index is -0.408. The molecule has 1 saturated heterocycles. The van der Waals surface area contributed by atoms with Crippen LogP contribution in [-0.2, 0) is 6.54 Å². The van der Waals surface area contributed by atoms with E-state index in [-0.39, 0.29) is 11.6 Å². The van der Waals surface area contributed by atoms with Crippen molar-refractivity contribution in [3.05, 3.63) is 64.1 Å². The lowest BCUT2D eigenvalue weighted by Crippen LogP contribution is -2.53. The number of hydrogen-bond acceptors (Lipinski definition) is 5. The first-order chi connectivity index (χ1) is 14.6. The number of carbonyl (C=O) groups is 1. The molecule has 2 heterocycles. The van der Waals surface area contributed by atoms with Crippen LogP contribution in [0.3, 0.4) is 0 Å². The largest absolute Gasteiger partial charge is 0.459 e. The molecule has 1 aliphatic heterocycles. The summed E-state index contributed by atoms with van der Waals surface area (Å²) < 4.78 is 5.22. The van der Waals surface area contributed by atoms with Crippen LogP contribution in [0.1, 0.15) is 35.9 Å². The zero-order valence-electron chi connectivity index (χ0n) is 17.1. The van der Waals surface area contributed by atoms with Crippen molar-refractivity contribution in [3.63, 3.8) is 0 Å². The fourth-order valence-electron chi connectivity index (χ4n) is 3.21. The fraction of sp³-hybridized carbons (Fsp3) is 0.429. The number of benzene rings is 1. The van der Waals surface area contributed by atoms with Gasteiger partial charge in [0.1, 0.15) is 0 Å². The van der Waals surface area contributed by atoms with Crippen LogP contribution in [0.4, 0.5) is 5.69 Å². The van der Waals surface area contributed by atoms with E-state index < -0.39 is 4.92 Å². The van der Waals surface area contributed by atoms with Crippen LogP contribution < -0.4 is 5.32 Å². The van der Waals surface area contributed by atoms with Gasteiger partial charge in [-0.05, 0) is 24.1 Å². The summed E-state index contributed by atoms with van der Waals surface area (Å²) in [6.45, 7) is 5.90. The summed E-state index contributed by atoms with van der Waals surface area (Å²) in [4.78, 5) is 31.5. The van der Waals surface area contributed by atoms with Gasteiger partial charge in [0, 0.05) is 44.9 Å². The van der Waals surface area contributed by atoms with Gasteiger partial charge in [0.05, 0.1) is 17.7 Å². The number of hydrogen-bond donors (Lipinski definition) is 1. The number of aliphatic imine (C=N–C) groups is 1. The lowest BCUT2D eigenvalue weighted by atomic mass is 10.2. The molecule has 1 aromatic carbocycles. The van der Waals surface area contributed by atoms with Crippen LogP contribution in [-0.4, -0.2) is 59.3 Å². The second kappa shape index (κ2) is 10.4. The number of rotatable bonds is 7. The number of furan rings is 1. The third kappa shape index (κ3) is 5.59. The van der Waals surface area contributed by atoms with E-state index >= 15 is 0 Å². The maximum absolute atomic E-state index is 12.5. The number of nitrogens with one attached hydrogen (secondary N) is 1. The minimum Gasteiger partial charge on any atom is -0.459 e. The number of non-ortho nitro benzene ring substituents is 1. The van der Waals surface area contributed by atoms with Crippen LogP contribution in [0.5, 0.6) is 0 Å². The number of nitrogens with zero attached hydrogens (tertiary/aromatic N) is 4. The molecule has 0 unspecified atom stereocenters. The molecule has 2 aromatic rings. The van der Waals surface area contributed by atoms with E-state index in [1.165, 1.54) is 18.4 Å². The Morgan fingerprint density at radius 1 is 1.17 bits per heavy atom. The van der Waals surface area contributed by atoms with Crippen molar-refractivity contribution in [2.24, 2.45) is 4.99 Å². The van der Waals surface area contributed by atoms with E-state index in [1.807, 2.05) is 0 Å². The Labute approximate surface area is 175 Å². The van der Waals surface area contributed by atoms with E-state index in [4.69, 9.17) is 9.41 Å². The molecule has 3 rings (SSSR count). The second-order valence-electron chi connectivity index (χ2n) is 7.10. The van der Waals surface area contributed by atoms with E-state index in [0.29, 0.717) is 38.5 Å². The van der Waals surface area contributed by atoms with Crippen molar-refractivity contribution in [1.82, 2.24) is 15.1 Å². The molecule has 0 radical (unpaired) electrons. The molecule has 1 aromatic heterocycles. The molecule has 30 heavy (non-hydrogen) atoms. The number of nitro benzene ring substituents is 1. The van der Waals surface area contributed by atoms with Gasteiger partial charge in [0.15, 0.2) is 11.7 Å². The highest BCUT2D eigenvalue weighted by atomic mass is 16.6. The third-order valence-corrected chi connectivity index (χ3v) is 4.97. The van der Waals surface area contributed by atoms with Crippen LogP contribution in [0, 0.1) is 10.1 Å². The summed E-state index contributed by atoms with van der Waals surface area (Å²) in [5, 5.41) is 14.2. The monoisotopic (exact) mass is 413 g/mol. The molecule has 0 atom stereocenters. The van der Waals surface area contributed by atoms with Gasteiger partial charge in [0.25, 0.3) is 11.6 Å². The Hall–Kier alpha value is -3.36. The molecule has 0 spiro atoms. The summed E-state index contributed by atoms with van der Waals surface area (Å²) >= 11 is 0. The molecular formula is C21H27N5O4. The highest BCUT2D eigenvalue weighted by Crippen LogP contribution is 2.13. The Morgan fingerprint density at radius 2 is 1.87 bits per heavy atom. The van der Waals surface area contributed by atoms with Crippen LogP contribution >= 0.6 is 0 Å². The smallest absolute Gasteiger partial charge is 0.289 e. The molecule has 1 N–H and O–H groups in total. The number of carbonyl (C=O) groups excluding carboxylic acids is 1. The van der Waals surface area contributed by atoms with Gasteiger partial charge in [-0.1, -0.05) is 25.5 Å². The quantitative estimate of drug-likeness (QED) is 0.246. The summed E-state index contributed by atoms with van der Waals surface area (Å²) in [5.74, 6) is 1.06. The minimum absolute atomic E-state index is 0.0707. The van der Waals surface area contributed by atoms with Crippen LogP contribution in [0.15, 0.2) is 52.1 Å². The molecule has 1 amide bonds. The first-order valence-corrected chi connectivity index (χ1v) is 10.2. The van der Waals surface area contributed by atoms with Crippen LogP contribution in [0.2, 0.25) is 0 Å². The summed E-state index contributed by atoms with van der Waals surface area (Å²) in [7, 11) is 0. The van der Waals surface area contributed by atoms with Crippen molar-refractivity contribution in [2.45, 2.75) is 26.3 Å². The first-order valence-electron chi connectivity index (χ1n) is 10.2. The molecule has 0 saturated carbocycles. The van der Waals surface area contributed by atoms with Gasteiger partial charge in [-0.3, -0.25) is 14.9 Å². The second-order valence-corrected chi connectivity index (χ2v) is 7.10. The molecule has 9 heteroatoms. The van der Waals surface area contributed by atoms with Crippen molar-refractivity contribution in [2.75, 3.05) is 32.7 Å². The number of amides is 1. The third-order valence-electron chi connectivity index (χ3n) is 4.97. The molecule has 9 nitrogen and oxygen atoms in total. The highest BCUT2D eigenvalue weighted by molar-refractivity contribution is 5.91. The topological polar surface area (TPSA) is 104 Å². The predicted molar refractivity (Wildman–Crippen MR) is 113 cm³/mol. The number of unbranched alkanes of at least 4 members (excludes halogenated alkanes) is 1. The number of piperazine rings is 1. The van der Waals surface area contributed by atoms with Crippen molar-refractivity contribution in [1.29, 1.82) is 0 Å². The number of nitro groups is 1. The molecular weight excluding hydrogens is 386 g/mol. The van der Waals surface area contributed by atoms with E-state index in [0.717, 1.165) is 30.9 Å². The number of guanidine groups is 1. The average Bonchev–Trinajstić information content (AvgIpc) is 3.31. The Balaban J connectivity index is 1.62. The van der Waals surface area contributed by atoms with Crippen molar-refractivity contribution >= 4 is 17.6 Å². The van der Waals surface area contributed by atoms with Gasteiger partial charge in [0.2, 0.25) is 0 Å². The van der Waals surface area contributed by atoms with Crippen LogP contribution in [0.25, 0.3) is 0 Å². The lowest BCUT2D eigenvalue weighted by molar-refractivity contribution is -0.384. The van der Waals surface area contributed by atoms with Crippen molar-refractivity contribution < 1.29 is 14.1 Å². The Morgan fingerprint density at radius 3 is 2.47 bits per heavy atom. The standard InChI is InChI=1S/C21H27N5O4/c1-2-3-10-22-21(23-16-17-6-8-18(9-7-17)26(28)29)25-13-11-24(12-14-25)20(27)19-5-4-15-30-19/h4-9,15H,2-3,10-14,16H2,1H3,(H,22,23). The molecule has 1 fully saturated rings. The Bertz CT molecular complexity index is 856. The van der Waals surface area contributed by atoms with Gasteiger partial charge < -0.3 is 19.5 Å². The Kier molecular flexibility index (Phi) is 7.42. The van der Waals surface area contributed by atoms with Gasteiger partial charge in [-0.25, -0.2) is 4.99 Å². The SMILES string of the molecule is CCCCNC(=NCc1ccc([N+](=O)[O-])cc1)N1CCN(C(=O)c2ccco2)CC1. The highest BCUT2D eigenvalue weighted by Gasteiger charge is 2.25. The van der Waals surface area contributed by atoms with Gasteiger partial charge >= 0.3 is 0 Å². The zero-order chi connectivity index (χ0) is 21.3. The van der Waals surface area contributed by atoms with E-state index in [1.54, 1.807) is 29.2 Å². The first kappa shape index (κ1) is 21.4. The zero-order valence-corrected chi connectivity index (χ0v) is 17.1. The normalized spacial score (nSPS) is 14.6. The molecule has 0 aliphatic carbocycles. The van der Waals surface area contributed by atoms with Crippen molar-refractivity contribution in [3.8, 4) is 0 Å². The summed E-state index contributed by atoms with van der Waals surface area (Å²) in [5.41, 5.74) is 0.975. The van der Waals surface area contributed by atoms with E-state index in [9.17, 15) is 14.9 Å². The summed E-state index contributed by atoms with van der Waals surface area (Å²) in [6.07, 6.45) is 3.62. The molecule has 160 valence electrons. The van der Waals surface area contributed by atoms with Gasteiger partial charge in [-0.2, -0.15) is 0 Å².